The Morgan fingerprint density at radius 1 is 1.26 bits per heavy atom. The largest absolute Gasteiger partial charge is 0.283 e. The van der Waals surface area contributed by atoms with Crippen molar-refractivity contribution >= 4 is 44.4 Å². The summed E-state index contributed by atoms with van der Waals surface area (Å²) in [5.74, 6) is -0.680. The number of carbonyl (C=O) groups is 1. The lowest BCUT2D eigenvalue weighted by atomic mass is 10.2. The molecule has 0 aliphatic heterocycles. The molecule has 0 unspecified atom stereocenters. The number of anilines is 1. The molecule has 0 aliphatic rings. The van der Waals surface area contributed by atoms with Crippen LogP contribution in [-0.2, 0) is 11.3 Å². The van der Waals surface area contributed by atoms with E-state index in [0.29, 0.717) is 34.0 Å². The first-order valence-corrected chi connectivity index (χ1v) is 10.1. The fourth-order valence-electron chi connectivity index (χ4n) is 2.90. The van der Waals surface area contributed by atoms with E-state index in [2.05, 4.69) is 10.1 Å². The molecular weight excluding hydrogens is 421 g/mol. The fraction of sp³-hybridized carbons (Fsp3) is 0.0952. The highest BCUT2D eigenvalue weighted by atomic mass is 32.1. The zero-order valence-corrected chi connectivity index (χ0v) is 16.9. The number of hydrogen-bond donors (Lipinski definition) is 0. The first kappa shape index (κ1) is 20.4. The molecule has 2 aromatic heterocycles. The number of hydrogen-bond acceptors (Lipinski definition) is 6. The predicted molar refractivity (Wildman–Crippen MR) is 116 cm³/mol. The van der Waals surface area contributed by atoms with Crippen molar-refractivity contribution in [2.24, 2.45) is 0 Å². The van der Waals surface area contributed by atoms with Crippen LogP contribution < -0.4 is 4.90 Å². The maximum atomic E-state index is 13.6. The normalized spacial score (nSPS) is 11.3. The Bertz CT molecular complexity index is 1250. The van der Waals surface area contributed by atoms with Gasteiger partial charge in [0.1, 0.15) is 5.82 Å². The van der Waals surface area contributed by atoms with Crippen molar-refractivity contribution in [3.63, 3.8) is 0 Å². The molecule has 0 aliphatic carbocycles. The summed E-state index contributed by atoms with van der Waals surface area (Å²) in [6.45, 7) is 0.766. The van der Waals surface area contributed by atoms with Crippen LogP contribution in [0.15, 0.2) is 67.0 Å². The van der Waals surface area contributed by atoms with Crippen molar-refractivity contribution in [1.82, 2.24) is 14.8 Å². The van der Waals surface area contributed by atoms with Gasteiger partial charge >= 0.3 is 0 Å². The lowest BCUT2D eigenvalue weighted by Gasteiger charge is -2.18. The van der Waals surface area contributed by atoms with Gasteiger partial charge in [0.15, 0.2) is 5.13 Å². The Morgan fingerprint density at radius 3 is 2.77 bits per heavy atom. The molecule has 0 fully saturated rings. The molecule has 31 heavy (non-hydrogen) atoms. The van der Waals surface area contributed by atoms with Crippen molar-refractivity contribution in [2.45, 2.75) is 6.54 Å². The van der Waals surface area contributed by atoms with Crippen LogP contribution in [0.2, 0.25) is 0 Å². The molecule has 0 radical (unpaired) electrons. The molecule has 0 N–H and O–H groups in total. The van der Waals surface area contributed by atoms with Gasteiger partial charge < -0.3 is 0 Å². The molecule has 1 amide bonds. The number of benzene rings is 2. The van der Waals surface area contributed by atoms with Crippen molar-refractivity contribution in [2.75, 3.05) is 11.4 Å². The van der Waals surface area contributed by atoms with E-state index in [1.807, 2.05) is 0 Å². The van der Waals surface area contributed by atoms with Crippen LogP contribution in [0, 0.1) is 15.9 Å². The van der Waals surface area contributed by atoms with E-state index >= 15 is 0 Å². The first-order chi connectivity index (χ1) is 15.0. The van der Waals surface area contributed by atoms with Gasteiger partial charge in [-0.15, -0.1) is 0 Å². The number of nitro benzene ring substituents is 1. The summed E-state index contributed by atoms with van der Waals surface area (Å²) in [7, 11) is 0. The highest BCUT2D eigenvalue weighted by Crippen LogP contribution is 2.29. The zero-order valence-electron chi connectivity index (χ0n) is 16.1. The third-order valence-electron chi connectivity index (χ3n) is 4.47. The minimum Gasteiger partial charge on any atom is -0.283 e. The minimum absolute atomic E-state index is 0.0222. The topological polar surface area (TPSA) is 94.2 Å². The molecule has 0 saturated heterocycles. The predicted octanol–water partition coefficient (Wildman–Crippen LogP) is 4.29. The molecule has 0 atom stereocenters. The number of aromatic nitrogens is 3. The number of amides is 1. The second-order valence-corrected chi connectivity index (χ2v) is 7.56. The van der Waals surface area contributed by atoms with Crippen LogP contribution in [0.4, 0.5) is 15.2 Å². The summed E-state index contributed by atoms with van der Waals surface area (Å²) >= 11 is 1.23. The molecule has 8 nitrogen and oxygen atoms in total. The average molecular weight is 437 g/mol. The van der Waals surface area contributed by atoms with Gasteiger partial charge in [0.2, 0.25) is 0 Å². The van der Waals surface area contributed by atoms with Gasteiger partial charge in [0.25, 0.3) is 11.6 Å². The number of halogens is 1. The van der Waals surface area contributed by atoms with E-state index in [0.717, 1.165) is 0 Å². The van der Waals surface area contributed by atoms with Crippen LogP contribution in [0.3, 0.4) is 0 Å². The van der Waals surface area contributed by atoms with Crippen LogP contribution in [-0.4, -0.2) is 32.1 Å². The van der Waals surface area contributed by atoms with Crippen LogP contribution in [0.25, 0.3) is 16.3 Å². The zero-order chi connectivity index (χ0) is 21.8. The molecule has 0 spiro atoms. The Labute approximate surface area is 180 Å². The van der Waals surface area contributed by atoms with Crippen LogP contribution in [0.5, 0.6) is 0 Å². The van der Waals surface area contributed by atoms with Gasteiger partial charge in [0.05, 0.1) is 21.7 Å². The van der Waals surface area contributed by atoms with Crippen molar-refractivity contribution in [1.29, 1.82) is 0 Å². The molecule has 156 valence electrons. The number of nitro groups is 1. The van der Waals surface area contributed by atoms with Gasteiger partial charge in [-0.1, -0.05) is 11.3 Å². The van der Waals surface area contributed by atoms with Gasteiger partial charge in [-0.25, -0.2) is 9.37 Å². The highest BCUT2D eigenvalue weighted by molar-refractivity contribution is 7.22. The van der Waals surface area contributed by atoms with Gasteiger partial charge in [-0.3, -0.25) is 24.5 Å². The van der Waals surface area contributed by atoms with E-state index in [1.165, 1.54) is 46.6 Å². The quantitative estimate of drug-likeness (QED) is 0.244. The molecule has 10 heteroatoms. The summed E-state index contributed by atoms with van der Waals surface area (Å²) in [4.78, 5) is 29.3. The fourth-order valence-corrected chi connectivity index (χ4v) is 3.92. The standard InChI is InChI=1S/C21H16FN5O3S/c22-16-5-8-18-19(14-16)31-21(24-18)26(13-12-25-11-1-10-23-25)20(28)9-4-15-2-6-17(7-3-15)27(29)30/h1-11,14H,12-13H2/b9-4+. The molecule has 2 aromatic carbocycles. The van der Waals surface area contributed by atoms with E-state index in [9.17, 15) is 19.3 Å². The Kier molecular flexibility index (Phi) is 5.80. The monoisotopic (exact) mass is 437 g/mol. The van der Waals surface area contributed by atoms with Crippen molar-refractivity contribution < 1.29 is 14.1 Å². The lowest BCUT2D eigenvalue weighted by molar-refractivity contribution is -0.384. The minimum atomic E-state index is -0.481. The SMILES string of the molecule is O=C(/C=C/c1ccc([N+](=O)[O-])cc1)N(CCn1cccn1)c1nc2ccc(F)cc2s1. The van der Waals surface area contributed by atoms with E-state index in [4.69, 9.17) is 0 Å². The van der Waals surface area contributed by atoms with Crippen molar-refractivity contribution in [3.8, 4) is 0 Å². The van der Waals surface area contributed by atoms with Gasteiger partial charge in [-0.2, -0.15) is 5.10 Å². The number of rotatable bonds is 7. The second kappa shape index (κ2) is 8.84. The summed E-state index contributed by atoms with van der Waals surface area (Å²) in [6.07, 6.45) is 6.42. The first-order valence-electron chi connectivity index (χ1n) is 9.27. The number of non-ortho nitro benzene ring substituents is 1. The number of nitrogens with zero attached hydrogens (tertiary/aromatic N) is 5. The number of thiazole rings is 1. The number of fused-ring (bicyclic) bond motifs is 1. The molecule has 4 aromatic rings. The summed E-state index contributed by atoms with van der Waals surface area (Å²) in [5.41, 5.74) is 1.24. The van der Waals surface area contributed by atoms with Crippen LogP contribution in [0.1, 0.15) is 5.56 Å². The Balaban J connectivity index is 1.58. The second-order valence-electron chi connectivity index (χ2n) is 6.55. The molecule has 0 saturated carbocycles. The van der Waals surface area contributed by atoms with Crippen molar-refractivity contribution in [3.05, 3.63) is 88.5 Å². The number of carbonyl (C=O) groups excluding carboxylic acids is 1. The third kappa shape index (κ3) is 4.81. The van der Waals surface area contributed by atoms with E-state index in [-0.39, 0.29) is 17.4 Å². The molecule has 2 heterocycles. The summed E-state index contributed by atoms with van der Waals surface area (Å²) in [5, 5.41) is 15.4. The average Bonchev–Trinajstić information content (AvgIpc) is 3.42. The highest BCUT2D eigenvalue weighted by Gasteiger charge is 2.18. The van der Waals surface area contributed by atoms with E-state index < -0.39 is 4.92 Å². The summed E-state index contributed by atoms with van der Waals surface area (Å²) in [6, 6.07) is 12.0. The Morgan fingerprint density at radius 2 is 2.06 bits per heavy atom. The third-order valence-corrected chi connectivity index (χ3v) is 5.51. The Hall–Kier alpha value is -3.92. The van der Waals surface area contributed by atoms with Gasteiger partial charge in [0, 0.05) is 37.1 Å². The van der Waals surface area contributed by atoms with Gasteiger partial charge in [-0.05, 0) is 48.0 Å². The maximum Gasteiger partial charge on any atom is 0.269 e. The molecule has 0 bridgehead atoms. The van der Waals surface area contributed by atoms with E-state index in [1.54, 1.807) is 47.4 Å². The molecular formula is C21H16FN5O3S. The van der Waals surface area contributed by atoms with Crippen LogP contribution >= 0.6 is 11.3 Å². The summed E-state index contributed by atoms with van der Waals surface area (Å²) < 4.78 is 15.9. The molecule has 4 rings (SSSR count). The maximum absolute atomic E-state index is 13.6. The smallest absolute Gasteiger partial charge is 0.269 e. The lowest BCUT2D eigenvalue weighted by Crippen LogP contribution is -2.32.